The van der Waals surface area contributed by atoms with Gasteiger partial charge in [0.25, 0.3) is 17.7 Å². The Morgan fingerprint density at radius 2 is 2.09 bits per heavy atom. The summed E-state index contributed by atoms with van der Waals surface area (Å²) >= 11 is 3.62. The number of thioether (sulfide) groups is 2. The van der Waals surface area contributed by atoms with E-state index in [1.807, 2.05) is 5.43 Å². The lowest BCUT2D eigenvalue weighted by molar-refractivity contribution is -0.150. The molecule has 3 aromatic heterocycles. The molecular weight excluding hydrogens is 637 g/mol. The lowest BCUT2D eigenvalue weighted by Crippen LogP contribution is -2.71. The topological polar surface area (TPSA) is 253 Å². The van der Waals surface area contributed by atoms with Gasteiger partial charge in [-0.3, -0.25) is 24.7 Å². The van der Waals surface area contributed by atoms with Gasteiger partial charge in [0, 0.05) is 23.0 Å². The Hall–Kier alpha value is -4.24. The first-order chi connectivity index (χ1) is 20.9. The number of thiazole rings is 1. The van der Waals surface area contributed by atoms with Crippen molar-refractivity contribution in [2.24, 2.45) is 11.0 Å². The quantitative estimate of drug-likeness (QED) is 0.0282. The molecule has 1 unspecified atom stereocenters. The highest BCUT2D eigenvalue weighted by Gasteiger charge is 2.54. The molecule has 20 heteroatoms. The summed E-state index contributed by atoms with van der Waals surface area (Å²) < 4.78 is 1.58. The van der Waals surface area contributed by atoms with E-state index in [-0.39, 0.29) is 40.3 Å². The number of nitrogens with one attached hydrogen (secondary N) is 2. The molecule has 0 radical (unpaired) electrons. The molecule has 44 heavy (non-hydrogen) atoms. The van der Waals surface area contributed by atoms with E-state index in [0.717, 1.165) is 16.2 Å². The molecule has 0 aromatic carbocycles. The average molecular weight is 663 g/mol. The summed E-state index contributed by atoms with van der Waals surface area (Å²) in [6, 6.07) is 2.27. The van der Waals surface area contributed by atoms with Crippen LogP contribution in [0.1, 0.15) is 25.2 Å². The number of hydrogen-bond donors (Lipinski definition) is 6. The number of nitrogen functional groups attached to an aromatic ring is 1. The first-order valence-corrected chi connectivity index (χ1v) is 15.6. The number of carbonyl (C=O) groups is 4. The third kappa shape index (κ3) is 5.93. The number of β-lactam (4-membered cyclic amide) rings is 1. The van der Waals surface area contributed by atoms with Crippen molar-refractivity contribution in [2.75, 3.05) is 17.2 Å². The molecule has 5 rings (SSSR count). The molecule has 2 aliphatic heterocycles. The van der Waals surface area contributed by atoms with E-state index >= 15 is 0 Å². The largest absolute Gasteiger partial charge is 0.477 e. The number of anilines is 1. The van der Waals surface area contributed by atoms with Gasteiger partial charge in [0.2, 0.25) is 5.60 Å². The normalized spacial score (nSPS) is 18.6. The van der Waals surface area contributed by atoms with Crippen LogP contribution in [0.2, 0.25) is 0 Å². The zero-order valence-electron chi connectivity index (χ0n) is 23.1. The highest BCUT2D eigenvalue weighted by atomic mass is 32.2. The van der Waals surface area contributed by atoms with Gasteiger partial charge in [-0.05, 0) is 25.5 Å². The van der Waals surface area contributed by atoms with Gasteiger partial charge < -0.3 is 26.1 Å². The second-order valence-electron chi connectivity index (χ2n) is 9.84. The van der Waals surface area contributed by atoms with E-state index in [9.17, 15) is 29.4 Å². The van der Waals surface area contributed by atoms with E-state index < -0.39 is 40.7 Å². The number of aliphatic hydroxyl groups excluding tert-OH is 1. The zero-order valence-corrected chi connectivity index (χ0v) is 25.5. The van der Waals surface area contributed by atoms with Gasteiger partial charge in [-0.25, -0.2) is 25.1 Å². The molecular formula is C24H26N10O7S3. The number of carbonyl (C=O) groups excluding carboxylic acids is 3. The van der Waals surface area contributed by atoms with Crippen molar-refractivity contribution in [3.05, 3.63) is 46.4 Å². The lowest BCUT2D eigenvalue weighted by Gasteiger charge is -2.49. The molecule has 232 valence electrons. The van der Waals surface area contributed by atoms with Crippen LogP contribution >= 0.6 is 34.9 Å². The zero-order chi connectivity index (χ0) is 31.8. The number of oxime groups is 1. The van der Waals surface area contributed by atoms with Gasteiger partial charge in [0.15, 0.2) is 16.5 Å². The predicted molar refractivity (Wildman–Crippen MR) is 160 cm³/mol. The standard InChI is InChI=1S/C24H26N10O7S3/c1-24(2,22(40)31-26)41-32-15(12-9-44-23(25)29-12)18(36)30-16-19(37)33-17(21(38)39)10(8-43-20(16)33)7-42-14-5-11(6-35)28-13-3-4-27-34(13)14/h3-5,9,16,20,35H,6-8,26H2,1-2H3,(H2,25,29)(H,30,36)(H,31,40)(H,38,39)/t16?,20-/m0/s1. The second kappa shape index (κ2) is 12.4. The minimum atomic E-state index is -1.56. The van der Waals surface area contributed by atoms with E-state index in [1.165, 1.54) is 42.8 Å². The van der Waals surface area contributed by atoms with Gasteiger partial charge in [-0.1, -0.05) is 5.16 Å². The summed E-state index contributed by atoms with van der Waals surface area (Å²) in [5, 5.41) is 31.8. The lowest BCUT2D eigenvalue weighted by atomic mass is 10.0. The van der Waals surface area contributed by atoms with Crippen LogP contribution in [0.4, 0.5) is 5.13 Å². The van der Waals surface area contributed by atoms with Crippen molar-refractivity contribution in [2.45, 2.75) is 42.5 Å². The molecule has 2 aliphatic rings. The van der Waals surface area contributed by atoms with Gasteiger partial charge in [0.05, 0.1) is 18.5 Å². The summed E-state index contributed by atoms with van der Waals surface area (Å²) in [5.74, 6) is 2.20. The maximum atomic E-state index is 13.3. The molecule has 5 heterocycles. The Morgan fingerprint density at radius 1 is 1.32 bits per heavy atom. The Morgan fingerprint density at radius 3 is 2.75 bits per heavy atom. The van der Waals surface area contributed by atoms with Crippen LogP contribution in [0, 0.1) is 0 Å². The van der Waals surface area contributed by atoms with E-state index in [1.54, 1.807) is 22.8 Å². The number of aromatic nitrogens is 4. The van der Waals surface area contributed by atoms with Crippen molar-refractivity contribution in [3.63, 3.8) is 0 Å². The Kier molecular flexibility index (Phi) is 8.79. The summed E-state index contributed by atoms with van der Waals surface area (Å²) in [7, 11) is 0. The maximum absolute atomic E-state index is 13.3. The van der Waals surface area contributed by atoms with E-state index in [0.29, 0.717) is 21.9 Å². The third-order valence-electron chi connectivity index (χ3n) is 6.50. The fraction of sp³-hybridized carbons (Fsp3) is 0.333. The number of carboxylic acids is 1. The fourth-order valence-electron chi connectivity index (χ4n) is 4.26. The maximum Gasteiger partial charge on any atom is 0.352 e. The number of fused-ring (bicyclic) bond motifs is 2. The van der Waals surface area contributed by atoms with Gasteiger partial charge in [0.1, 0.15) is 27.8 Å². The first kappa shape index (κ1) is 31.2. The number of aliphatic hydroxyl groups is 1. The summed E-state index contributed by atoms with van der Waals surface area (Å²) in [6.45, 7) is 2.48. The number of rotatable bonds is 11. The molecule has 3 aromatic rings. The van der Waals surface area contributed by atoms with Crippen molar-refractivity contribution >= 4 is 75.0 Å². The van der Waals surface area contributed by atoms with Gasteiger partial charge >= 0.3 is 5.97 Å². The van der Waals surface area contributed by atoms with Crippen LogP contribution in [0.5, 0.6) is 0 Å². The molecule has 1 saturated heterocycles. The minimum absolute atomic E-state index is 0.0473. The molecule has 0 bridgehead atoms. The highest BCUT2D eigenvalue weighted by Crippen LogP contribution is 2.41. The molecule has 2 atom stereocenters. The summed E-state index contributed by atoms with van der Waals surface area (Å²) in [4.78, 5) is 65.8. The summed E-state index contributed by atoms with van der Waals surface area (Å²) in [5.41, 5.74) is 7.11. The SMILES string of the molecule is CC(C)(ON=C(C(=O)NC1C(=O)N2C(C(=O)O)=C(CSc3cc(CO)nc4ccnn34)CS[C@@H]12)c1csc(N)n1)C(=O)NN. The molecule has 17 nitrogen and oxygen atoms in total. The van der Waals surface area contributed by atoms with Crippen molar-refractivity contribution < 1.29 is 34.2 Å². The molecule has 0 aliphatic carbocycles. The molecule has 8 N–H and O–H groups in total. The second-order valence-corrected chi connectivity index (χ2v) is 12.8. The van der Waals surface area contributed by atoms with Gasteiger partial charge in [-0.2, -0.15) is 5.10 Å². The van der Waals surface area contributed by atoms with Crippen LogP contribution in [0.15, 0.2) is 45.2 Å². The highest BCUT2D eigenvalue weighted by molar-refractivity contribution is 8.01. The predicted octanol–water partition coefficient (Wildman–Crippen LogP) is -0.720. The van der Waals surface area contributed by atoms with Crippen LogP contribution in [0.25, 0.3) is 5.65 Å². The monoisotopic (exact) mass is 662 g/mol. The molecule has 0 saturated carbocycles. The average Bonchev–Trinajstić information content (AvgIpc) is 3.66. The number of aliphatic carboxylic acids is 1. The van der Waals surface area contributed by atoms with Crippen LogP contribution in [-0.4, -0.2) is 92.6 Å². The number of hydrazine groups is 1. The smallest absolute Gasteiger partial charge is 0.352 e. The van der Waals surface area contributed by atoms with Crippen LogP contribution in [0.3, 0.4) is 0 Å². The summed E-state index contributed by atoms with van der Waals surface area (Å²) in [6.07, 6.45) is 1.56. The first-order valence-electron chi connectivity index (χ1n) is 12.7. The molecule has 0 spiro atoms. The number of carboxylic acid groups (broad SMARTS) is 1. The Bertz CT molecular complexity index is 1720. The van der Waals surface area contributed by atoms with Crippen molar-refractivity contribution in [1.82, 2.24) is 35.2 Å². The number of amides is 3. The van der Waals surface area contributed by atoms with E-state index in [4.69, 9.17) is 16.4 Å². The minimum Gasteiger partial charge on any atom is -0.477 e. The van der Waals surface area contributed by atoms with Gasteiger partial charge in [-0.15, -0.1) is 34.9 Å². The third-order valence-corrected chi connectivity index (χ3v) is 9.59. The van der Waals surface area contributed by atoms with Crippen LogP contribution < -0.4 is 22.3 Å². The van der Waals surface area contributed by atoms with Crippen molar-refractivity contribution in [3.8, 4) is 0 Å². The number of nitrogens with two attached hydrogens (primary N) is 2. The number of nitrogens with zero attached hydrogens (tertiary/aromatic N) is 6. The number of hydrogen-bond acceptors (Lipinski definition) is 15. The Balaban J connectivity index is 1.34. The van der Waals surface area contributed by atoms with E-state index in [2.05, 4.69) is 25.5 Å². The molecule has 1 fully saturated rings. The Labute approximate surface area is 261 Å². The van der Waals surface area contributed by atoms with Crippen LogP contribution in [-0.2, 0) is 30.6 Å². The molecule has 3 amide bonds. The fourth-order valence-corrected chi connectivity index (χ4v) is 7.32. The van der Waals surface area contributed by atoms with Crippen molar-refractivity contribution in [1.29, 1.82) is 0 Å².